The molecule has 1 atom stereocenters. The molecule has 0 aliphatic carbocycles. The van der Waals surface area contributed by atoms with Crippen LogP contribution in [0.3, 0.4) is 0 Å². The summed E-state index contributed by atoms with van der Waals surface area (Å²) in [6.07, 6.45) is 2.67. The minimum atomic E-state index is -1.03. The van der Waals surface area contributed by atoms with Crippen LogP contribution in [-0.4, -0.2) is 36.5 Å². The van der Waals surface area contributed by atoms with Gasteiger partial charge in [-0.25, -0.2) is 4.79 Å². The summed E-state index contributed by atoms with van der Waals surface area (Å²) < 4.78 is 0. The van der Waals surface area contributed by atoms with E-state index >= 15 is 0 Å². The molecule has 0 bridgehead atoms. The highest BCUT2D eigenvalue weighted by Gasteiger charge is 2.19. The van der Waals surface area contributed by atoms with E-state index in [4.69, 9.17) is 10.8 Å². The zero-order valence-corrected chi connectivity index (χ0v) is 10.0. The third-order valence-corrected chi connectivity index (χ3v) is 3.20. The number of rotatable bonds is 3. The van der Waals surface area contributed by atoms with Gasteiger partial charge in [-0.3, -0.25) is 4.79 Å². The molecule has 0 amide bonds. The maximum absolute atomic E-state index is 11.1. The molecule has 1 unspecified atom stereocenters. The van der Waals surface area contributed by atoms with Crippen molar-refractivity contribution in [2.75, 3.05) is 18.0 Å². The number of carboxylic acid groups (broad SMARTS) is 1. The summed E-state index contributed by atoms with van der Waals surface area (Å²) in [6.45, 7) is 1.55. The van der Waals surface area contributed by atoms with Gasteiger partial charge in [-0.1, -0.05) is 0 Å². The zero-order chi connectivity index (χ0) is 13.1. The molecular weight excluding hydrogens is 232 g/mol. The second-order valence-electron chi connectivity index (χ2n) is 4.54. The average Bonchev–Trinajstić information content (AvgIpc) is 2.37. The van der Waals surface area contributed by atoms with Crippen LogP contribution in [0.2, 0.25) is 0 Å². The van der Waals surface area contributed by atoms with Crippen LogP contribution < -0.4 is 10.6 Å². The van der Waals surface area contributed by atoms with E-state index < -0.39 is 5.97 Å². The van der Waals surface area contributed by atoms with Crippen LogP contribution in [0.1, 0.15) is 33.6 Å². The van der Waals surface area contributed by atoms with Crippen molar-refractivity contribution < 1.29 is 14.7 Å². The molecule has 1 fully saturated rings. The fourth-order valence-electron chi connectivity index (χ4n) is 2.30. The highest BCUT2D eigenvalue weighted by molar-refractivity contribution is 5.93. The number of carboxylic acids is 1. The second kappa shape index (κ2) is 5.18. The lowest BCUT2D eigenvalue weighted by molar-refractivity contribution is 0.0697. The fraction of sp³-hybridized carbons (Fsp3) is 0.385. The number of nitrogens with zero attached hydrogens (tertiary/aromatic N) is 1. The molecule has 96 valence electrons. The van der Waals surface area contributed by atoms with Crippen LogP contribution in [0.25, 0.3) is 0 Å². The largest absolute Gasteiger partial charge is 0.478 e. The Balaban J connectivity index is 2.32. The van der Waals surface area contributed by atoms with Gasteiger partial charge in [0.1, 0.15) is 0 Å². The molecule has 2 rings (SSSR count). The predicted molar refractivity (Wildman–Crippen MR) is 68.2 cm³/mol. The van der Waals surface area contributed by atoms with Gasteiger partial charge in [0.05, 0.1) is 5.56 Å². The molecule has 5 nitrogen and oxygen atoms in total. The number of anilines is 1. The average molecular weight is 248 g/mol. The third kappa shape index (κ3) is 2.51. The lowest BCUT2D eigenvalue weighted by atomic mass is 10.0. The van der Waals surface area contributed by atoms with E-state index in [-0.39, 0.29) is 11.6 Å². The molecule has 0 radical (unpaired) electrons. The molecule has 0 spiro atoms. The van der Waals surface area contributed by atoms with Gasteiger partial charge in [-0.2, -0.15) is 0 Å². The first-order valence-corrected chi connectivity index (χ1v) is 5.95. The van der Waals surface area contributed by atoms with Gasteiger partial charge in [0.2, 0.25) is 0 Å². The van der Waals surface area contributed by atoms with Crippen LogP contribution in [-0.2, 0) is 0 Å². The van der Waals surface area contributed by atoms with Gasteiger partial charge in [-0.15, -0.1) is 0 Å². The first-order chi connectivity index (χ1) is 8.61. The van der Waals surface area contributed by atoms with Crippen molar-refractivity contribution >= 4 is 17.9 Å². The summed E-state index contributed by atoms with van der Waals surface area (Å²) in [4.78, 5) is 24.0. The lowest BCUT2D eigenvalue weighted by Crippen LogP contribution is -2.43. The molecule has 1 saturated heterocycles. The van der Waals surface area contributed by atoms with Crippen LogP contribution in [0.5, 0.6) is 0 Å². The van der Waals surface area contributed by atoms with Crippen molar-refractivity contribution in [3.63, 3.8) is 0 Å². The number of aromatic carboxylic acids is 1. The van der Waals surface area contributed by atoms with Crippen molar-refractivity contribution in [3.05, 3.63) is 29.3 Å². The molecule has 18 heavy (non-hydrogen) atoms. The maximum atomic E-state index is 11.1. The molecule has 1 aromatic rings. The van der Waals surface area contributed by atoms with Gasteiger partial charge in [-0.05, 0) is 31.0 Å². The fourth-order valence-corrected chi connectivity index (χ4v) is 2.30. The van der Waals surface area contributed by atoms with E-state index in [0.29, 0.717) is 18.4 Å². The van der Waals surface area contributed by atoms with Crippen molar-refractivity contribution in [2.45, 2.75) is 18.9 Å². The van der Waals surface area contributed by atoms with Crippen LogP contribution in [0, 0.1) is 0 Å². The molecule has 5 heteroatoms. The molecule has 1 aliphatic rings. The van der Waals surface area contributed by atoms with Crippen molar-refractivity contribution in [1.82, 2.24) is 0 Å². The van der Waals surface area contributed by atoms with Crippen LogP contribution >= 0.6 is 0 Å². The van der Waals surface area contributed by atoms with Gasteiger partial charge in [0.25, 0.3) is 0 Å². The molecule has 1 heterocycles. The summed E-state index contributed by atoms with van der Waals surface area (Å²) in [5.74, 6) is -1.03. The monoisotopic (exact) mass is 248 g/mol. The molecule has 3 N–H and O–H groups in total. The first-order valence-electron chi connectivity index (χ1n) is 5.95. The topological polar surface area (TPSA) is 83.6 Å². The number of hydrogen-bond donors (Lipinski definition) is 2. The summed E-state index contributed by atoms with van der Waals surface area (Å²) in [6, 6.07) is 4.72. The number of carbonyl (C=O) groups is 2. The number of aldehydes is 1. The van der Waals surface area contributed by atoms with Crippen LogP contribution in [0.4, 0.5) is 5.69 Å². The zero-order valence-electron chi connectivity index (χ0n) is 10.0. The Morgan fingerprint density at radius 2 is 2.28 bits per heavy atom. The Labute approximate surface area is 105 Å². The Bertz CT molecular complexity index is 473. The Morgan fingerprint density at radius 1 is 1.50 bits per heavy atom. The number of carbonyl (C=O) groups excluding carboxylic acids is 1. The van der Waals surface area contributed by atoms with E-state index in [2.05, 4.69) is 0 Å². The summed E-state index contributed by atoms with van der Waals surface area (Å²) in [5.41, 5.74) is 7.21. The number of piperidine rings is 1. The molecule has 1 aliphatic heterocycles. The highest BCUT2D eigenvalue weighted by atomic mass is 16.4. The summed E-state index contributed by atoms with van der Waals surface area (Å²) in [7, 11) is 0. The number of nitrogens with two attached hydrogens (primary N) is 1. The Morgan fingerprint density at radius 3 is 2.89 bits per heavy atom. The molecule has 0 aromatic heterocycles. The third-order valence-electron chi connectivity index (χ3n) is 3.20. The van der Waals surface area contributed by atoms with E-state index in [9.17, 15) is 9.59 Å². The van der Waals surface area contributed by atoms with Gasteiger partial charge in [0, 0.05) is 30.4 Å². The minimum Gasteiger partial charge on any atom is -0.478 e. The van der Waals surface area contributed by atoms with E-state index in [0.717, 1.165) is 25.1 Å². The Hall–Kier alpha value is -1.88. The van der Waals surface area contributed by atoms with Gasteiger partial charge in [0.15, 0.2) is 6.29 Å². The minimum absolute atomic E-state index is 0.109. The van der Waals surface area contributed by atoms with Crippen molar-refractivity contribution in [1.29, 1.82) is 0 Å². The Kier molecular flexibility index (Phi) is 3.62. The predicted octanol–water partition coefficient (Wildman–Crippen LogP) is 1.12. The smallest absolute Gasteiger partial charge is 0.335 e. The lowest BCUT2D eigenvalue weighted by Gasteiger charge is -2.33. The van der Waals surface area contributed by atoms with Gasteiger partial charge < -0.3 is 15.7 Å². The van der Waals surface area contributed by atoms with E-state index in [1.165, 1.54) is 12.1 Å². The first kappa shape index (κ1) is 12.6. The number of benzene rings is 1. The SMILES string of the molecule is NC1CCCN(c2ccc(C(=O)O)cc2C=O)C1. The van der Waals surface area contributed by atoms with Crippen molar-refractivity contribution in [2.24, 2.45) is 5.73 Å². The molecule has 0 saturated carbocycles. The van der Waals surface area contributed by atoms with Crippen LogP contribution in [0.15, 0.2) is 18.2 Å². The van der Waals surface area contributed by atoms with Gasteiger partial charge >= 0.3 is 5.97 Å². The normalized spacial score (nSPS) is 19.6. The summed E-state index contributed by atoms with van der Waals surface area (Å²) in [5, 5.41) is 8.90. The molecular formula is C13H16N2O3. The molecule has 1 aromatic carbocycles. The maximum Gasteiger partial charge on any atom is 0.335 e. The highest BCUT2D eigenvalue weighted by Crippen LogP contribution is 2.24. The van der Waals surface area contributed by atoms with E-state index in [1.54, 1.807) is 6.07 Å². The standard InChI is InChI=1S/C13H16N2O3/c14-11-2-1-5-15(7-11)12-4-3-9(13(17)18)6-10(12)8-16/h3-4,6,8,11H,1-2,5,7,14H2,(H,17,18). The van der Waals surface area contributed by atoms with Crippen molar-refractivity contribution in [3.8, 4) is 0 Å². The van der Waals surface area contributed by atoms with E-state index in [1.807, 2.05) is 4.90 Å². The number of hydrogen-bond acceptors (Lipinski definition) is 4. The second-order valence-corrected chi connectivity index (χ2v) is 4.54. The quantitative estimate of drug-likeness (QED) is 0.783. The summed E-state index contributed by atoms with van der Waals surface area (Å²) >= 11 is 0.